The third-order valence-corrected chi connectivity index (χ3v) is 4.54. The summed E-state index contributed by atoms with van der Waals surface area (Å²) in [6, 6.07) is 0. The second kappa shape index (κ2) is 8.38. The van der Waals surface area contributed by atoms with Gasteiger partial charge in [-0.25, -0.2) is 0 Å². The minimum atomic E-state index is 0.510. The van der Waals surface area contributed by atoms with Crippen molar-refractivity contribution >= 4 is 0 Å². The van der Waals surface area contributed by atoms with Crippen LogP contribution >= 0.6 is 0 Å². The van der Waals surface area contributed by atoms with E-state index in [0.717, 1.165) is 17.8 Å². The molecule has 0 aromatic carbocycles. The summed E-state index contributed by atoms with van der Waals surface area (Å²) < 4.78 is 0. The summed E-state index contributed by atoms with van der Waals surface area (Å²) in [6.07, 6.45) is 5.66. The summed E-state index contributed by atoms with van der Waals surface area (Å²) in [4.78, 5) is 2.74. The highest BCUT2D eigenvalue weighted by molar-refractivity contribution is 4.90. The molecular formula is C18H38N2. The first-order valence-corrected chi connectivity index (χ1v) is 8.74. The fourth-order valence-corrected chi connectivity index (χ4v) is 4.21. The van der Waals surface area contributed by atoms with Crippen molar-refractivity contribution in [1.29, 1.82) is 0 Å². The van der Waals surface area contributed by atoms with Crippen LogP contribution in [-0.2, 0) is 0 Å². The number of nitrogens with one attached hydrogen (secondary N) is 1. The quantitative estimate of drug-likeness (QED) is 0.723. The predicted molar refractivity (Wildman–Crippen MR) is 90.1 cm³/mol. The molecule has 0 aliphatic heterocycles. The van der Waals surface area contributed by atoms with Crippen molar-refractivity contribution in [3.63, 3.8) is 0 Å². The van der Waals surface area contributed by atoms with E-state index in [1.54, 1.807) is 0 Å². The average molecular weight is 283 g/mol. The largest absolute Gasteiger partial charge is 0.319 e. The third-order valence-electron chi connectivity index (χ3n) is 4.54. The van der Waals surface area contributed by atoms with Crippen molar-refractivity contribution in [3.8, 4) is 0 Å². The van der Waals surface area contributed by atoms with Crippen molar-refractivity contribution in [3.05, 3.63) is 0 Å². The highest BCUT2D eigenvalue weighted by Gasteiger charge is 2.36. The highest BCUT2D eigenvalue weighted by atomic mass is 15.1. The molecule has 2 unspecified atom stereocenters. The summed E-state index contributed by atoms with van der Waals surface area (Å²) in [5.74, 6) is 2.43. The SMILES string of the molecule is CNCC1(CN(CC(C)C)CC(C)C)CCCC(C)C1. The van der Waals surface area contributed by atoms with Crippen LogP contribution < -0.4 is 5.32 Å². The summed E-state index contributed by atoms with van der Waals surface area (Å²) >= 11 is 0. The van der Waals surface area contributed by atoms with E-state index in [2.05, 4.69) is 51.9 Å². The summed E-state index contributed by atoms with van der Waals surface area (Å²) in [5, 5.41) is 3.48. The summed E-state index contributed by atoms with van der Waals surface area (Å²) in [7, 11) is 2.12. The monoisotopic (exact) mass is 282 g/mol. The Hall–Kier alpha value is -0.0800. The molecule has 2 nitrogen and oxygen atoms in total. The van der Waals surface area contributed by atoms with Gasteiger partial charge in [-0.3, -0.25) is 0 Å². The molecule has 1 aliphatic carbocycles. The fourth-order valence-electron chi connectivity index (χ4n) is 4.21. The predicted octanol–water partition coefficient (Wildman–Crippen LogP) is 4.02. The molecule has 0 bridgehead atoms. The Balaban J connectivity index is 2.72. The summed E-state index contributed by atoms with van der Waals surface area (Å²) in [5.41, 5.74) is 0.510. The summed E-state index contributed by atoms with van der Waals surface area (Å²) in [6.45, 7) is 16.8. The lowest BCUT2D eigenvalue weighted by Gasteiger charge is -2.44. The van der Waals surface area contributed by atoms with Crippen molar-refractivity contribution in [2.45, 2.75) is 60.3 Å². The van der Waals surface area contributed by atoms with E-state index in [4.69, 9.17) is 0 Å². The van der Waals surface area contributed by atoms with Gasteiger partial charge in [0.15, 0.2) is 0 Å². The average Bonchev–Trinajstić information content (AvgIpc) is 2.26. The lowest BCUT2D eigenvalue weighted by molar-refractivity contribution is 0.0698. The van der Waals surface area contributed by atoms with Gasteiger partial charge in [0.1, 0.15) is 0 Å². The van der Waals surface area contributed by atoms with Gasteiger partial charge in [-0.2, -0.15) is 0 Å². The van der Waals surface area contributed by atoms with Crippen LogP contribution in [0.5, 0.6) is 0 Å². The third kappa shape index (κ3) is 6.13. The number of rotatable bonds is 8. The molecule has 0 saturated heterocycles. The second-order valence-corrected chi connectivity index (χ2v) is 8.21. The van der Waals surface area contributed by atoms with Gasteiger partial charge in [0.25, 0.3) is 0 Å². The van der Waals surface area contributed by atoms with Gasteiger partial charge in [-0.1, -0.05) is 47.5 Å². The molecule has 0 aromatic rings. The van der Waals surface area contributed by atoms with Gasteiger partial charge in [0.2, 0.25) is 0 Å². The molecule has 2 heteroatoms. The first-order chi connectivity index (χ1) is 9.37. The fraction of sp³-hybridized carbons (Fsp3) is 1.00. The Labute approximate surface area is 127 Å². The van der Waals surface area contributed by atoms with Gasteiger partial charge in [-0.05, 0) is 43.1 Å². The topological polar surface area (TPSA) is 15.3 Å². The van der Waals surface area contributed by atoms with Gasteiger partial charge in [0.05, 0.1) is 0 Å². The van der Waals surface area contributed by atoms with Crippen molar-refractivity contribution in [2.24, 2.45) is 23.2 Å². The van der Waals surface area contributed by atoms with Gasteiger partial charge >= 0.3 is 0 Å². The van der Waals surface area contributed by atoms with Crippen molar-refractivity contribution < 1.29 is 0 Å². The van der Waals surface area contributed by atoms with Gasteiger partial charge in [-0.15, -0.1) is 0 Å². The van der Waals surface area contributed by atoms with Crippen LogP contribution in [0.2, 0.25) is 0 Å². The van der Waals surface area contributed by atoms with Crippen molar-refractivity contribution in [2.75, 3.05) is 33.2 Å². The van der Waals surface area contributed by atoms with Gasteiger partial charge in [0, 0.05) is 26.2 Å². The molecule has 1 N–H and O–H groups in total. The zero-order valence-corrected chi connectivity index (χ0v) is 14.8. The van der Waals surface area contributed by atoms with E-state index in [1.165, 1.54) is 51.9 Å². The molecule has 1 fully saturated rings. The molecule has 20 heavy (non-hydrogen) atoms. The first kappa shape index (κ1) is 18.0. The maximum atomic E-state index is 3.48. The van der Waals surface area contributed by atoms with Crippen LogP contribution in [0.3, 0.4) is 0 Å². The maximum absolute atomic E-state index is 3.48. The van der Waals surface area contributed by atoms with E-state index in [0.29, 0.717) is 5.41 Å². The van der Waals surface area contributed by atoms with Crippen LogP contribution in [-0.4, -0.2) is 38.1 Å². The van der Waals surface area contributed by atoms with E-state index in [-0.39, 0.29) is 0 Å². The molecule has 1 aliphatic rings. The Morgan fingerprint density at radius 2 is 1.75 bits per heavy atom. The number of hydrogen-bond acceptors (Lipinski definition) is 2. The lowest BCUT2D eigenvalue weighted by Crippen LogP contribution is -2.47. The van der Waals surface area contributed by atoms with Gasteiger partial charge < -0.3 is 10.2 Å². The highest BCUT2D eigenvalue weighted by Crippen LogP contribution is 2.39. The standard InChI is InChI=1S/C18H38N2/c1-15(2)11-20(12-16(3)4)14-18(13-19-6)9-7-8-17(5)10-18/h15-17,19H,7-14H2,1-6H3. The van der Waals surface area contributed by atoms with Crippen LogP contribution in [0.1, 0.15) is 60.3 Å². The second-order valence-electron chi connectivity index (χ2n) is 8.21. The van der Waals surface area contributed by atoms with Crippen LogP contribution in [0.15, 0.2) is 0 Å². The van der Waals surface area contributed by atoms with Crippen LogP contribution in [0.4, 0.5) is 0 Å². The molecule has 120 valence electrons. The molecule has 0 radical (unpaired) electrons. The number of nitrogens with zero attached hydrogens (tertiary/aromatic N) is 1. The Bertz CT molecular complexity index is 248. The van der Waals surface area contributed by atoms with Crippen molar-refractivity contribution in [1.82, 2.24) is 10.2 Å². The smallest absolute Gasteiger partial charge is 0.00505 e. The molecule has 1 saturated carbocycles. The minimum Gasteiger partial charge on any atom is -0.319 e. The van der Waals surface area contributed by atoms with E-state index < -0.39 is 0 Å². The molecule has 1 rings (SSSR count). The minimum absolute atomic E-state index is 0.510. The molecule has 0 amide bonds. The molecular weight excluding hydrogens is 244 g/mol. The lowest BCUT2D eigenvalue weighted by atomic mass is 9.69. The van der Waals surface area contributed by atoms with E-state index >= 15 is 0 Å². The van der Waals surface area contributed by atoms with Crippen LogP contribution in [0, 0.1) is 23.2 Å². The molecule has 2 atom stereocenters. The molecule has 0 heterocycles. The molecule has 0 aromatic heterocycles. The Morgan fingerprint density at radius 1 is 1.15 bits per heavy atom. The normalized spacial score (nSPS) is 27.8. The van der Waals surface area contributed by atoms with Crippen LogP contribution in [0.25, 0.3) is 0 Å². The maximum Gasteiger partial charge on any atom is 0.00505 e. The van der Waals surface area contributed by atoms with E-state index in [9.17, 15) is 0 Å². The number of hydrogen-bond donors (Lipinski definition) is 1. The Kier molecular flexibility index (Phi) is 7.53. The zero-order chi connectivity index (χ0) is 15.2. The van der Waals surface area contributed by atoms with E-state index in [1.807, 2.05) is 0 Å². The zero-order valence-electron chi connectivity index (χ0n) is 14.8. The first-order valence-electron chi connectivity index (χ1n) is 8.74. The molecule has 0 spiro atoms. The Morgan fingerprint density at radius 3 is 2.20 bits per heavy atom.